The van der Waals surface area contributed by atoms with E-state index in [0.29, 0.717) is 15.7 Å². The minimum absolute atomic E-state index is 0.0963. The zero-order chi connectivity index (χ0) is 17.0. The maximum atomic E-state index is 11.8. The van der Waals surface area contributed by atoms with Crippen molar-refractivity contribution in [3.8, 4) is 5.75 Å². The van der Waals surface area contributed by atoms with Gasteiger partial charge in [0.25, 0.3) is 5.56 Å². The number of aryl methyl sites for hydroxylation is 1. The zero-order valence-corrected chi connectivity index (χ0v) is 13.6. The Morgan fingerprint density at radius 1 is 1.39 bits per heavy atom. The van der Waals surface area contributed by atoms with Crippen molar-refractivity contribution in [2.75, 3.05) is 0 Å². The van der Waals surface area contributed by atoms with E-state index >= 15 is 0 Å². The number of hydrogen-bond donors (Lipinski definition) is 4. The van der Waals surface area contributed by atoms with Gasteiger partial charge in [0, 0.05) is 11.3 Å². The van der Waals surface area contributed by atoms with Gasteiger partial charge in [0.15, 0.2) is 0 Å². The summed E-state index contributed by atoms with van der Waals surface area (Å²) in [5.74, 6) is -0.404. The van der Waals surface area contributed by atoms with Gasteiger partial charge in [0.1, 0.15) is 5.75 Å². The third kappa shape index (κ3) is 4.39. The molecule has 1 aromatic carbocycles. The van der Waals surface area contributed by atoms with E-state index < -0.39 is 17.2 Å². The molecule has 0 unspecified atom stereocenters. The van der Waals surface area contributed by atoms with Gasteiger partial charge in [0.05, 0.1) is 17.1 Å². The van der Waals surface area contributed by atoms with Crippen molar-refractivity contribution >= 4 is 28.1 Å². The van der Waals surface area contributed by atoms with Gasteiger partial charge in [-0.05, 0) is 46.6 Å². The number of phenolic OH excluding ortho intramolecular Hbond substituents is 1. The number of hydrogen-bond acceptors (Lipinski definition) is 5. The number of benzene rings is 1. The molecule has 0 aliphatic heterocycles. The van der Waals surface area contributed by atoms with Crippen molar-refractivity contribution in [3.63, 3.8) is 0 Å². The van der Waals surface area contributed by atoms with E-state index in [1.807, 2.05) is 0 Å². The highest BCUT2D eigenvalue weighted by molar-refractivity contribution is 9.10. The molecule has 0 atom stereocenters. The lowest BCUT2D eigenvalue weighted by atomic mass is 10.1. The normalized spacial score (nSPS) is 10.9. The number of aromatic nitrogens is 2. The van der Waals surface area contributed by atoms with E-state index in [4.69, 9.17) is 0 Å². The Kier molecular flexibility index (Phi) is 5.12. The Morgan fingerprint density at radius 2 is 2.13 bits per heavy atom. The van der Waals surface area contributed by atoms with Crippen LogP contribution in [0.5, 0.6) is 5.75 Å². The SMILES string of the molecule is Cc1[nH]c(=O)[nH]c(=O)c1CC(=O)N/N=C\c1ccc(O)c(Br)c1. The van der Waals surface area contributed by atoms with Gasteiger partial charge in [0.2, 0.25) is 5.91 Å². The first kappa shape index (κ1) is 16.7. The summed E-state index contributed by atoms with van der Waals surface area (Å²) in [4.78, 5) is 39.0. The largest absolute Gasteiger partial charge is 0.507 e. The lowest BCUT2D eigenvalue weighted by Crippen LogP contribution is -2.30. The smallest absolute Gasteiger partial charge is 0.325 e. The molecule has 0 radical (unpaired) electrons. The molecule has 2 aromatic rings. The molecular weight excluding hydrogens is 368 g/mol. The molecule has 0 saturated carbocycles. The molecule has 0 saturated heterocycles. The third-order valence-electron chi connectivity index (χ3n) is 2.97. The minimum atomic E-state index is -0.618. The maximum absolute atomic E-state index is 11.8. The molecule has 0 aliphatic rings. The Bertz CT molecular complexity index is 885. The van der Waals surface area contributed by atoms with Crippen LogP contribution < -0.4 is 16.7 Å². The standard InChI is InChI=1S/C14H13BrN4O4/c1-7-9(13(22)18-14(23)17-7)5-12(21)19-16-6-8-2-3-11(20)10(15)4-8/h2-4,6,20H,5H2,1H3,(H,19,21)(H2,17,18,22,23)/b16-6-. The van der Waals surface area contributed by atoms with Gasteiger partial charge in [-0.1, -0.05) is 0 Å². The van der Waals surface area contributed by atoms with E-state index in [0.717, 1.165) is 0 Å². The average molecular weight is 381 g/mol. The summed E-state index contributed by atoms with van der Waals surface area (Å²) in [5.41, 5.74) is 2.23. The summed E-state index contributed by atoms with van der Waals surface area (Å²) >= 11 is 3.17. The Labute approximate surface area is 138 Å². The summed E-state index contributed by atoms with van der Waals surface area (Å²) < 4.78 is 0.503. The first-order chi connectivity index (χ1) is 10.9. The van der Waals surface area contributed by atoms with Crippen molar-refractivity contribution < 1.29 is 9.90 Å². The number of amides is 1. The first-order valence-electron chi connectivity index (χ1n) is 6.49. The van der Waals surface area contributed by atoms with Crippen LogP contribution in [0.25, 0.3) is 0 Å². The molecule has 23 heavy (non-hydrogen) atoms. The number of nitrogens with zero attached hydrogens (tertiary/aromatic N) is 1. The minimum Gasteiger partial charge on any atom is -0.507 e. The molecule has 0 fully saturated rings. The zero-order valence-electron chi connectivity index (χ0n) is 12.0. The highest BCUT2D eigenvalue weighted by Gasteiger charge is 2.10. The number of aromatic amines is 2. The molecule has 0 bridgehead atoms. The predicted molar refractivity (Wildman–Crippen MR) is 87.7 cm³/mol. The second-order valence-corrected chi connectivity index (χ2v) is 5.55. The molecule has 1 aromatic heterocycles. The van der Waals surface area contributed by atoms with Crippen molar-refractivity contribution in [1.29, 1.82) is 0 Å². The number of carbonyl (C=O) groups is 1. The monoisotopic (exact) mass is 380 g/mol. The van der Waals surface area contributed by atoms with Gasteiger partial charge in [-0.25, -0.2) is 10.2 Å². The molecule has 1 heterocycles. The fraction of sp³-hybridized carbons (Fsp3) is 0.143. The van der Waals surface area contributed by atoms with Crippen LogP contribution in [0.1, 0.15) is 16.8 Å². The van der Waals surface area contributed by atoms with Crippen LogP contribution in [0.2, 0.25) is 0 Å². The van der Waals surface area contributed by atoms with Crippen LogP contribution in [-0.4, -0.2) is 27.2 Å². The number of H-pyrrole nitrogens is 2. The van der Waals surface area contributed by atoms with Crippen LogP contribution in [0, 0.1) is 6.92 Å². The molecule has 0 aliphatic carbocycles. The lowest BCUT2D eigenvalue weighted by molar-refractivity contribution is -0.120. The number of phenols is 1. The first-order valence-corrected chi connectivity index (χ1v) is 7.28. The average Bonchev–Trinajstić information content (AvgIpc) is 2.46. The van der Waals surface area contributed by atoms with Crippen LogP contribution >= 0.6 is 15.9 Å². The van der Waals surface area contributed by atoms with Crippen molar-refractivity contribution in [2.24, 2.45) is 5.10 Å². The van der Waals surface area contributed by atoms with E-state index in [1.54, 1.807) is 12.1 Å². The molecular formula is C14H13BrN4O4. The molecule has 2 rings (SSSR count). The fourth-order valence-corrected chi connectivity index (χ4v) is 2.22. The highest BCUT2D eigenvalue weighted by Crippen LogP contribution is 2.23. The molecule has 1 amide bonds. The molecule has 8 nitrogen and oxygen atoms in total. The molecule has 9 heteroatoms. The Hall–Kier alpha value is -2.68. The lowest BCUT2D eigenvalue weighted by Gasteiger charge is -2.03. The second kappa shape index (κ2) is 7.05. The number of hydrazone groups is 1. The number of carbonyl (C=O) groups excluding carboxylic acids is 1. The van der Waals surface area contributed by atoms with Gasteiger partial charge < -0.3 is 10.1 Å². The van der Waals surface area contributed by atoms with Crippen LogP contribution in [0.3, 0.4) is 0 Å². The summed E-state index contributed by atoms with van der Waals surface area (Å²) in [6, 6.07) is 4.73. The Morgan fingerprint density at radius 3 is 2.78 bits per heavy atom. The fourth-order valence-electron chi connectivity index (χ4n) is 1.82. The van der Waals surface area contributed by atoms with E-state index in [-0.39, 0.29) is 17.7 Å². The summed E-state index contributed by atoms with van der Waals surface area (Å²) in [6.07, 6.45) is 1.18. The molecule has 120 valence electrons. The number of rotatable bonds is 4. The quantitative estimate of drug-likeness (QED) is 0.455. The maximum Gasteiger partial charge on any atom is 0.325 e. The molecule has 4 N–H and O–H groups in total. The van der Waals surface area contributed by atoms with Crippen molar-refractivity contribution in [2.45, 2.75) is 13.3 Å². The van der Waals surface area contributed by atoms with E-state index in [9.17, 15) is 19.5 Å². The van der Waals surface area contributed by atoms with E-state index in [1.165, 1.54) is 19.2 Å². The topological polar surface area (TPSA) is 127 Å². The van der Waals surface area contributed by atoms with Gasteiger partial charge in [-0.2, -0.15) is 5.10 Å². The summed E-state index contributed by atoms with van der Waals surface area (Å²) in [5, 5.41) is 13.1. The number of aromatic hydroxyl groups is 1. The van der Waals surface area contributed by atoms with Crippen molar-refractivity contribution in [1.82, 2.24) is 15.4 Å². The predicted octanol–water partition coefficient (Wildman–Crippen LogP) is 0.533. The molecule has 0 spiro atoms. The van der Waals surface area contributed by atoms with Crippen LogP contribution in [0.15, 0.2) is 37.4 Å². The van der Waals surface area contributed by atoms with Crippen molar-refractivity contribution in [3.05, 3.63) is 60.3 Å². The summed E-state index contributed by atoms with van der Waals surface area (Å²) in [7, 11) is 0. The van der Waals surface area contributed by atoms with E-state index in [2.05, 4.69) is 36.4 Å². The van der Waals surface area contributed by atoms with Gasteiger partial charge in [-0.15, -0.1) is 0 Å². The second-order valence-electron chi connectivity index (χ2n) is 4.69. The van der Waals surface area contributed by atoms with Crippen LogP contribution in [0.4, 0.5) is 0 Å². The third-order valence-corrected chi connectivity index (χ3v) is 3.60. The number of nitrogens with one attached hydrogen (secondary N) is 3. The van der Waals surface area contributed by atoms with Crippen LogP contribution in [-0.2, 0) is 11.2 Å². The Balaban J connectivity index is 2.03. The van der Waals surface area contributed by atoms with Gasteiger partial charge in [-0.3, -0.25) is 14.6 Å². The highest BCUT2D eigenvalue weighted by atomic mass is 79.9. The summed E-state index contributed by atoms with van der Waals surface area (Å²) in [6.45, 7) is 1.54. The van der Waals surface area contributed by atoms with Gasteiger partial charge >= 0.3 is 5.69 Å². The number of halogens is 1.